The highest BCUT2D eigenvalue weighted by Gasteiger charge is 2.42. The van der Waals surface area contributed by atoms with Crippen LogP contribution in [0, 0.1) is 11.3 Å². The van der Waals surface area contributed by atoms with Crippen LogP contribution in [0.5, 0.6) is 0 Å². The molecule has 0 saturated heterocycles. The minimum atomic E-state index is -1.30. The van der Waals surface area contributed by atoms with Crippen molar-refractivity contribution in [3.63, 3.8) is 0 Å². The molecule has 34 heavy (non-hydrogen) atoms. The third kappa shape index (κ3) is 4.93. The van der Waals surface area contributed by atoms with Crippen LogP contribution in [-0.4, -0.2) is 41.3 Å². The summed E-state index contributed by atoms with van der Waals surface area (Å²) in [6.45, 7) is 10.1. The number of carboxylic acids is 1. The van der Waals surface area contributed by atoms with E-state index in [0.29, 0.717) is 0 Å². The number of hydrogen-bond donors (Lipinski definition) is 3. The second-order valence-electron chi connectivity index (χ2n) is 10.3. The minimum absolute atomic E-state index is 0.0863. The van der Waals surface area contributed by atoms with Crippen LogP contribution in [0.4, 0.5) is 4.79 Å². The van der Waals surface area contributed by atoms with Crippen molar-refractivity contribution < 1.29 is 24.2 Å². The highest BCUT2D eigenvalue weighted by Crippen LogP contribution is 2.44. The Morgan fingerprint density at radius 3 is 1.91 bits per heavy atom. The molecule has 182 valence electrons. The molecule has 0 radical (unpaired) electrons. The molecule has 3 rings (SSSR count). The normalized spacial score (nSPS) is 14.2. The SMILES string of the molecule is CC(C)C(NC(=O)C(C)(C)NC(=O)OCC1c2ccccc2-c2ccccc21)C(C)(C)C(=O)O. The standard InChI is InChI=1S/C27H34N2O5/c1-16(2)22(26(3,4)24(31)32)28-23(30)27(5,6)29-25(33)34-15-21-19-13-9-7-11-17(19)18-12-8-10-14-20(18)21/h7-14,16,21-22H,15H2,1-6H3,(H,28,30)(H,29,33)(H,31,32). The molecule has 0 aliphatic heterocycles. The fourth-order valence-corrected chi connectivity index (χ4v) is 4.58. The Hall–Kier alpha value is -3.35. The zero-order chi connectivity index (χ0) is 25.3. The summed E-state index contributed by atoms with van der Waals surface area (Å²) in [7, 11) is 0. The molecule has 1 unspecified atom stereocenters. The maximum atomic E-state index is 13.0. The van der Waals surface area contributed by atoms with Gasteiger partial charge in [-0.25, -0.2) is 4.79 Å². The number of fused-ring (bicyclic) bond motifs is 3. The van der Waals surface area contributed by atoms with Crippen LogP contribution < -0.4 is 10.6 Å². The van der Waals surface area contributed by atoms with Gasteiger partial charge in [0, 0.05) is 12.0 Å². The summed E-state index contributed by atoms with van der Waals surface area (Å²) in [6.07, 6.45) is -0.708. The molecular formula is C27H34N2O5. The topological polar surface area (TPSA) is 105 Å². The van der Waals surface area contributed by atoms with Gasteiger partial charge in [-0.2, -0.15) is 0 Å². The van der Waals surface area contributed by atoms with Gasteiger partial charge in [0.25, 0.3) is 0 Å². The van der Waals surface area contributed by atoms with Crippen molar-refractivity contribution in [1.29, 1.82) is 0 Å². The van der Waals surface area contributed by atoms with Gasteiger partial charge in [-0.1, -0.05) is 62.4 Å². The van der Waals surface area contributed by atoms with Crippen molar-refractivity contribution in [3.05, 3.63) is 59.7 Å². The minimum Gasteiger partial charge on any atom is -0.481 e. The lowest BCUT2D eigenvalue weighted by atomic mass is 9.78. The van der Waals surface area contributed by atoms with E-state index in [2.05, 4.69) is 22.8 Å². The van der Waals surface area contributed by atoms with Crippen LogP contribution in [0.3, 0.4) is 0 Å². The van der Waals surface area contributed by atoms with Crippen LogP contribution in [0.15, 0.2) is 48.5 Å². The Bertz CT molecular complexity index is 1040. The first kappa shape index (κ1) is 25.3. The third-order valence-corrected chi connectivity index (χ3v) is 6.61. The molecule has 1 atom stereocenters. The predicted molar refractivity (Wildman–Crippen MR) is 130 cm³/mol. The van der Waals surface area contributed by atoms with Gasteiger partial charge >= 0.3 is 12.1 Å². The van der Waals surface area contributed by atoms with Crippen molar-refractivity contribution in [1.82, 2.24) is 10.6 Å². The number of carboxylic acid groups (broad SMARTS) is 1. The fraction of sp³-hybridized carbons (Fsp3) is 0.444. The number of ether oxygens (including phenoxy) is 1. The van der Waals surface area contributed by atoms with Crippen molar-refractivity contribution >= 4 is 18.0 Å². The predicted octanol–water partition coefficient (Wildman–Crippen LogP) is 4.56. The highest BCUT2D eigenvalue weighted by molar-refractivity contribution is 5.90. The molecule has 7 heteroatoms. The average Bonchev–Trinajstić information content (AvgIpc) is 3.08. The summed E-state index contributed by atoms with van der Waals surface area (Å²) < 4.78 is 5.56. The van der Waals surface area contributed by atoms with Gasteiger partial charge in [-0.15, -0.1) is 0 Å². The molecule has 7 nitrogen and oxygen atoms in total. The molecule has 0 spiro atoms. The molecule has 0 fully saturated rings. The molecule has 0 saturated carbocycles. The lowest BCUT2D eigenvalue weighted by Gasteiger charge is -2.36. The molecule has 2 amide bonds. The van der Waals surface area contributed by atoms with Gasteiger partial charge in [0.05, 0.1) is 5.41 Å². The number of carbonyl (C=O) groups is 3. The van der Waals surface area contributed by atoms with Crippen LogP contribution in [0.25, 0.3) is 11.1 Å². The van der Waals surface area contributed by atoms with Gasteiger partial charge in [0.15, 0.2) is 0 Å². The summed E-state index contributed by atoms with van der Waals surface area (Å²) in [5.74, 6) is -1.69. The Kier molecular flexibility index (Phi) is 7.05. The summed E-state index contributed by atoms with van der Waals surface area (Å²) in [4.78, 5) is 37.4. The van der Waals surface area contributed by atoms with E-state index in [1.807, 2.05) is 50.2 Å². The van der Waals surface area contributed by atoms with E-state index < -0.39 is 35.0 Å². The first-order valence-corrected chi connectivity index (χ1v) is 11.5. The van der Waals surface area contributed by atoms with E-state index in [9.17, 15) is 19.5 Å². The quantitative estimate of drug-likeness (QED) is 0.529. The van der Waals surface area contributed by atoms with Crippen LogP contribution in [0.2, 0.25) is 0 Å². The smallest absolute Gasteiger partial charge is 0.408 e. The number of carbonyl (C=O) groups excluding carboxylic acids is 2. The number of amides is 2. The lowest BCUT2D eigenvalue weighted by molar-refractivity contribution is -0.150. The third-order valence-electron chi connectivity index (χ3n) is 6.61. The maximum absolute atomic E-state index is 13.0. The molecule has 0 aromatic heterocycles. The van der Waals surface area contributed by atoms with E-state index in [1.54, 1.807) is 27.7 Å². The Labute approximate surface area is 200 Å². The van der Waals surface area contributed by atoms with Crippen molar-refractivity contribution in [2.75, 3.05) is 6.61 Å². The Morgan fingerprint density at radius 2 is 1.44 bits per heavy atom. The Balaban J connectivity index is 1.66. The van der Waals surface area contributed by atoms with Gasteiger partial charge in [0.1, 0.15) is 12.1 Å². The van der Waals surface area contributed by atoms with E-state index in [4.69, 9.17) is 4.74 Å². The van der Waals surface area contributed by atoms with Gasteiger partial charge in [0.2, 0.25) is 5.91 Å². The molecular weight excluding hydrogens is 432 g/mol. The highest BCUT2D eigenvalue weighted by atomic mass is 16.5. The lowest BCUT2D eigenvalue weighted by Crippen LogP contribution is -2.61. The van der Waals surface area contributed by atoms with Crippen molar-refractivity contribution in [2.24, 2.45) is 11.3 Å². The summed E-state index contributed by atoms with van der Waals surface area (Å²) in [5, 5.41) is 15.0. The summed E-state index contributed by atoms with van der Waals surface area (Å²) >= 11 is 0. The second kappa shape index (κ2) is 9.49. The molecule has 1 aliphatic carbocycles. The van der Waals surface area contributed by atoms with Crippen LogP contribution >= 0.6 is 0 Å². The van der Waals surface area contributed by atoms with Gasteiger partial charge in [-0.05, 0) is 55.9 Å². The molecule has 2 aromatic rings. The number of nitrogens with one attached hydrogen (secondary N) is 2. The van der Waals surface area contributed by atoms with Crippen molar-refractivity contribution in [2.45, 2.75) is 59.0 Å². The van der Waals surface area contributed by atoms with Crippen LogP contribution in [-0.2, 0) is 14.3 Å². The molecule has 0 heterocycles. The summed E-state index contributed by atoms with van der Waals surface area (Å²) in [5.41, 5.74) is 1.99. The van der Waals surface area contributed by atoms with E-state index in [0.717, 1.165) is 22.3 Å². The van der Waals surface area contributed by atoms with Gasteiger partial charge < -0.3 is 20.5 Å². The largest absolute Gasteiger partial charge is 0.481 e. The van der Waals surface area contributed by atoms with E-state index in [1.165, 1.54) is 0 Å². The number of aliphatic carboxylic acids is 1. The summed E-state index contributed by atoms with van der Waals surface area (Å²) in [6, 6.07) is 15.5. The molecule has 0 bridgehead atoms. The number of hydrogen-bond acceptors (Lipinski definition) is 4. The first-order chi connectivity index (χ1) is 15.9. The average molecular weight is 467 g/mol. The Morgan fingerprint density at radius 1 is 0.941 bits per heavy atom. The molecule has 1 aliphatic rings. The zero-order valence-corrected chi connectivity index (χ0v) is 20.6. The van der Waals surface area contributed by atoms with E-state index >= 15 is 0 Å². The van der Waals surface area contributed by atoms with E-state index in [-0.39, 0.29) is 18.4 Å². The fourth-order valence-electron chi connectivity index (χ4n) is 4.58. The monoisotopic (exact) mass is 466 g/mol. The maximum Gasteiger partial charge on any atom is 0.408 e. The number of rotatable bonds is 8. The van der Waals surface area contributed by atoms with Crippen LogP contribution in [0.1, 0.15) is 58.6 Å². The number of benzene rings is 2. The molecule has 3 N–H and O–H groups in total. The van der Waals surface area contributed by atoms with Gasteiger partial charge in [-0.3, -0.25) is 9.59 Å². The first-order valence-electron chi connectivity index (χ1n) is 11.5. The molecule has 2 aromatic carbocycles. The zero-order valence-electron chi connectivity index (χ0n) is 20.6. The van der Waals surface area contributed by atoms with Crippen molar-refractivity contribution in [3.8, 4) is 11.1 Å². The number of alkyl carbamates (subject to hydrolysis) is 1. The second-order valence-corrected chi connectivity index (χ2v) is 10.3.